The molecule has 1 rings (SSSR count). The van der Waals surface area contributed by atoms with Crippen LogP contribution in [0.4, 0.5) is 5.69 Å². The summed E-state index contributed by atoms with van der Waals surface area (Å²) < 4.78 is 5.15. The first kappa shape index (κ1) is 14.1. The molecular formula is C11H9BrN2O4. The van der Waals surface area contributed by atoms with E-state index in [1.807, 2.05) is 6.07 Å². The number of rotatable bonds is 4. The molecule has 0 aliphatic carbocycles. The normalized spacial score (nSPS) is 9.61. The van der Waals surface area contributed by atoms with Crippen molar-refractivity contribution in [1.82, 2.24) is 0 Å². The summed E-state index contributed by atoms with van der Waals surface area (Å²) in [5, 5.41) is 19.7. The zero-order valence-electron chi connectivity index (χ0n) is 9.47. The highest BCUT2D eigenvalue weighted by atomic mass is 79.9. The molecule has 0 bridgehead atoms. The van der Waals surface area contributed by atoms with Crippen LogP contribution in [0.15, 0.2) is 16.6 Å². The summed E-state index contributed by atoms with van der Waals surface area (Å²) in [6, 6.07) is 4.36. The van der Waals surface area contributed by atoms with Crippen LogP contribution in [0.2, 0.25) is 0 Å². The van der Waals surface area contributed by atoms with Crippen LogP contribution in [0.25, 0.3) is 0 Å². The largest absolute Gasteiger partial charge is 0.466 e. The molecule has 0 atom stereocenters. The first-order chi connectivity index (χ1) is 8.49. The van der Waals surface area contributed by atoms with Gasteiger partial charge in [0, 0.05) is 16.1 Å². The minimum atomic E-state index is -0.623. The van der Waals surface area contributed by atoms with Gasteiger partial charge in [-0.2, -0.15) is 5.26 Å². The van der Waals surface area contributed by atoms with E-state index in [2.05, 4.69) is 15.9 Å². The smallest absolute Gasteiger partial charge is 0.310 e. The molecule has 0 saturated heterocycles. The second-order valence-electron chi connectivity index (χ2n) is 3.31. The molecule has 1 aromatic carbocycles. The van der Waals surface area contributed by atoms with Gasteiger partial charge in [0.1, 0.15) is 6.07 Å². The number of hydrogen-bond acceptors (Lipinski definition) is 5. The molecule has 94 valence electrons. The molecule has 18 heavy (non-hydrogen) atoms. The van der Waals surface area contributed by atoms with E-state index in [1.54, 1.807) is 6.92 Å². The number of nitriles is 1. The molecule has 0 saturated carbocycles. The maximum Gasteiger partial charge on any atom is 0.310 e. The molecule has 0 fully saturated rings. The second kappa shape index (κ2) is 6.12. The van der Waals surface area contributed by atoms with Gasteiger partial charge in [0.2, 0.25) is 0 Å². The van der Waals surface area contributed by atoms with E-state index < -0.39 is 10.9 Å². The standard InChI is InChI=1S/C11H9BrN2O4/c1-2-18-11(15)5-7-3-9(12)8(6-13)4-10(7)14(16)17/h3-4H,2,5H2,1H3. The number of nitro groups is 1. The fraction of sp³-hybridized carbons (Fsp3) is 0.273. The van der Waals surface area contributed by atoms with Crippen LogP contribution < -0.4 is 0 Å². The number of nitro benzene ring substituents is 1. The van der Waals surface area contributed by atoms with Crippen molar-refractivity contribution in [3.63, 3.8) is 0 Å². The zero-order chi connectivity index (χ0) is 13.7. The lowest BCUT2D eigenvalue weighted by atomic mass is 10.1. The minimum absolute atomic E-state index is 0.148. The van der Waals surface area contributed by atoms with E-state index in [9.17, 15) is 14.9 Å². The predicted molar refractivity (Wildman–Crippen MR) is 65.8 cm³/mol. The predicted octanol–water partition coefficient (Wildman–Crippen LogP) is 2.33. The molecule has 0 amide bonds. The summed E-state index contributed by atoms with van der Waals surface area (Å²) in [6.07, 6.45) is -0.200. The summed E-state index contributed by atoms with van der Waals surface area (Å²) in [5.41, 5.74) is 0.0986. The van der Waals surface area contributed by atoms with Gasteiger partial charge in [-0.15, -0.1) is 0 Å². The van der Waals surface area contributed by atoms with Crippen molar-refractivity contribution in [3.05, 3.63) is 37.8 Å². The number of benzene rings is 1. The lowest BCUT2D eigenvalue weighted by Crippen LogP contribution is -2.09. The van der Waals surface area contributed by atoms with Crippen molar-refractivity contribution in [2.75, 3.05) is 6.61 Å². The number of nitrogens with zero attached hydrogens (tertiary/aromatic N) is 2. The van der Waals surface area contributed by atoms with Crippen LogP contribution in [0.1, 0.15) is 18.1 Å². The van der Waals surface area contributed by atoms with E-state index in [1.165, 1.54) is 6.07 Å². The lowest BCUT2D eigenvalue weighted by Gasteiger charge is -2.05. The van der Waals surface area contributed by atoms with Gasteiger partial charge >= 0.3 is 5.97 Å². The molecule has 0 heterocycles. The van der Waals surface area contributed by atoms with Crippen LogP contribution in [0.3, 0.4) is 0 Å². The Morgan fingerprint density at radius 2 is 2.28 bits per heavy atom. The van der Waals surface area contributed by atoms with Gasteiger partial charge < -0.3 is 4.74 Å². The van der Waals surface area contributed by atoms with Crippen LogP contribution in [-0.2, 0) is 16.0 Å². The second-order valence-corrected chi connectivity index (χ2v) is 4.17. The fourth-order valence-corrected chi connectivity index (χ4v) is 1.85. The fourth-order valence-electron chi connectivity index (χ4n) is 1.37. The summed E-state index contributed by atoms with van der Waals surface area (Å²) in [6.45, 7) is 1.87. The Balaban J connectivity index is 3.18. The number of carbonyl (C=O) groups is 1. The number of ether oxygens (including phenoxy) is 1. The molecule has 0 radical (unpaired) electrons. The highest BCUT2D eigenvalue weighted by Gasteiger charge is 2.20. The Bertz CT molecular complexity index is 537. The molecule has 0 aliphatic rings. The van der Waals surface area contributed by atoms with Gasteiger partial charge in [0.25, 0.3) is 5.69 Å². The molecule has 0 aliphatic heterocycles. The topological polar surface area (TPSA) is 93.2 Å². The highest BCUT2D eigenvalue weighted by Crippen LogP contribution is 2.27. The Morgan fingerprint density at radius 1 is 1.61 bits per heavy atom. The van der Waals surface area contributed by atoms with E-state index in [0.717, 1.165) is 6.07 Å². The molecule has 1 aromatic rings. The van der Waals surface area contributed by atoms with Crippen molar-refractivity contribution < 1.29 is 14.5 Å². The molecule has 0 unspecified atom stereocenters. The third-order valence-corrected chi connectivity index (χ3v) is 2.78. The number of halogens is 1. The molecule has 6 nitrogen and oxygen atoms in total. The summed E-state index contributed by atoms with van der Waals surface area (Å²) in [7, 11) is 0. The Labute approximate surface area is 111 Å². The Kier molecular flexibility index (Phi) is 4.80. The average Bonchev–Trinajstić information content (AvgIpc) is 2.29. The lowest BCUT2D eigenvalue weighted by molar-refractivity contribution is -0.385. The number of esters is 1. The van der Waals surface area contributed by atoms with E-state index in [4.69, 9.17) is 10.00 Å². The first-order valence-corrected chi connectivity index (χ1v) is 5.81. The van der Waals surface area contributed by atoms with Crippen LogP contribution in [0, 0.1) is 21.4 Å². The molecule has 0 spiro atoms. The maximum atomic E-state index is 11.3. The quantitative estimate of drug-likeness (QED) is 0.483. The van der Waals surface area contributed by atoms with Gasteiger partial charge in [0.15, 0.2) is 0 Å². The molecule has 0 N–H and O–H groups in total. The number of carbonyl (C=O) groups excluding carboxylic acids is 1. The van der Waals surface area contributed by atoms with E-state index in [0.29, 0.717) is 4.47 Å². The van der Waals surface area contributed by atoms with Gasteiger partial charge in [-0.1, -0.05) is 0 Å². The third-order valence-electron chi connectivity index (χ3n) is 2.13. The van der Waals surface area contributed by atoms with Gasteiger partial charge in [0.05, 0.1) is 23.5 Å². The zero-order valence-corrected chi connectivity index (χ0v) is 11.1. The van der Waals surface area contributed by atoms with Crippen molar-refractivity contribution in [2.45, 2.75) is 13.3 Å². The van der Waals surface area contributed by atoms with Crippen LogP contribution in [-0.4, -0.2) is 17.5 Å². The maximum absolute atomic E-state index is 11.3. The summed E-state index contributed by atoms with van der Waals surface area (Å²) in [5.74, 6) is -0.544. The average molecular weight is 313 g/mol. The molecule has 7 heteroatoms. The molecular weight excluding hydrogens is 304 g/mol. The van der Waals surface area contributed by atoms with Crippen molar-refractivity contribution >= 4 is 27.6 Å². The Morgan fingerprint density at radius 3 is 2.78 bits per heavy atom. The highest BCUT2D eigenvalue weighted by molar-refractivity contribution is 9.10. The van der Waals surface area contributed by atoms with Crippen molar-refractivity contribution in [1.29, 1.82) is 5.26 Å². The summed E-state index contributed by atoms with van der Waals surface area (Å²) in [4.78, 5) is 21.6. The molecule has 0 aromatic heterocycles. The summed E-state index contributed by atoms with van der Waals surface area (Å²) >= 11 is 3.12. The van der Waals surface area contributed by atoms with Gasteiger partial charge in [-0.05, 0) is 28.9 Å². The van der Waals surface area contributed by atoms with Crippen molar-refractivity contribution in [3.8, 4) is 6.07 Å². The van der Waals surface area contributed by atoms with E-state index >= 15 is 0 Å². The minimum Gasteiger partial charge on any atom is -0.466 e. The van der Waals surface area contributed by atoms with Crippen molar-refractivity contribution in [2.24, 2.45) is 0 Å². The first-order valence-electron chi connectivity index (χ1n) is 5.02. The van der Waals surface area contributed by atoms with Crippen LogP contribution in [0.5, 0.6) is 0 Å². The third kappa shape index (κ3) is 3.28. The number of hydrogen-bond donors (Lipinski definition) is 0. The van der Waals surface area contributed by atoms with Gasteiger partial charge in [-0.3, -0.25) is 14.9 Å². The van der Waals surface area contributed by atoms with Gasteiger partial charge in [-0.25, -0.2) is 0 Å². The van der Waals surface area contributed by atoms with Crippen LogP contribution >= 0.6 is 15.9 Å². The SMILES string of the molecule is CCOC(=O)Cc1cc(Br)c(C#N)cc1[N+](=O)[O-]. The monoisotopic (exact) mass is 312 g/mol. The Hall–Kier alpha value is -1.94. The van der Waals surface area contributed by atoms with E-state index in [-0.39, 0.29) is 29.8 Å².